The Balaban J connectivity index is 2.97. The summed E-state index contributed by atoms with van der Waals surface area (Å²) in [6.45, 7) is 4.98. The van der Waals surface area contributed by atoms with Crippen LogP contribution in [-0.4, -0.2) is 35.6 Å². The number of nitrogen functional groups attached to an aromatic ring is 1. The fraction of sp³-hybridized carbons (Fsp3) is 0.636. The Morgan fingerprint density at radius 1 is 1.38 bits per heavy atom. The first kappa shape index (κ1) is 13.1. The molecule has 1 heterocycles. The van der Waals surface area contributed by atoms with Crippen LogP contribution in [0.5, 0.6) is 0 Å². The molecule has 1 rings (SSSR count). The molecule has 4 nitrogen and oxygen atoms in total. The van der Waals surface area contributed by atoms with Crippen LogP contribution in [0.25, 0.3) is 0 Å². The molecule has 0 radical (unpaired) electrons. The van der Waals surface area contributed by atoms with Gasteiger partial charge in [0, 0.05) is 31.3 Å². The number of nitrogens with zero attached hydrogens (tertiary/aromatic N) is 3. The van der Waals surface area contributed by atoms with Crippen LogP contribution >= 0.6 is 11.8 Å². The number of nitrogens with two attached hydrogens (primary N) is 1. The highest BCUT2D eigenvalue weighted by molar-refractivity contribution is 7.98. The normalized spacial score (nSPS) is 10.5. The fourth-order valence-corrected chi connectivity index (χ4v) is 1.89. The molecule has 90 valence electrons. The Hall–Kier alpha value is -0.970. The zero-order chi connectivity index (χ0) is 12.1. The molecule has 0 unspecified atom stereocenters. The van der Waals surface area contributed by atoms with Crippen LogP contribution < -0.4 is 10.6 Å². The number of anilines is 2. The summed E-state index contributed by atoms with van der Waals surface area (Å²) in [5.41, 5.74) is 6.85. The molecule has 0 fully saturated rings. The Labute approximate surface area is 102 Å². The first-order chi connectivity index (χ1) is 7.60. The number of hydrogen-bond donors (Lipinski definition) is 1. The van der Waals surface area contributed by atoms with Gasteiger partial charge in [-0.3, -0.25) is 0 Å². The second-order valence-electron chi connectivity index (χ2n) is 3.74. The highest BCUT2D eigenvalue weighted by atomic mass is 32.2. The van der Waals surface area contributed by atoms with Crippen molar-refractivity contribution in [3.8, 4) is 0 Å². The van der Waals surface area contributed by atoms with Crippen molar-refractivity contribution < 1.29 is 0 Å². The lowest BCUT2D eigenvalue weighted by atomic mass is 10.3. The van der Waals surface area contributed by atoms with Crippen molar-refractivity contribution in [3.63, 3.8) is 0 Å². The number of rotatable bonds is 5. The van der Waals surface area contributed by atoms with E-state index < -0.39 is 0 Å². The topological polar surface area (TPSA) is 55.0 Å². The molecule has 1 aromatic heterocycles. The number of aryl methyl sites for hydroxylation is 1. The van der Waals surface area contributed by atoms with Gasteiger partial charge >= 0.3 is 0 Å². The molecule has 0 bridgehead atoms. The van der Waals surface area contributed by atoms with Gasteiger partial charge in [-0.25, -0.2) is 9.97 Å². The van der Waals surface area contributed by atoms with E-state index in [1.165, 1.54) is 0 Å². The Morgan fingerprint density at radius 3 is 2.62 bits per heavy atom. The Morgan fingerprint density at radius 2 is 2.06 bits per heavy atom. The summed E-state index contributed by atoms with van der Waals surface area (Å²) < 4.78 is 0. The van der Waals surface area contributed by atoms with Crippen LogP contribution in [0.1, 0.15) is 18.3 Å². The van der Waals surface area contributed by atoms with E-state index in [9.17, 15) is 0 Å². The summed E-state index contributed by atoms with van der Waals surface area (Å²) >= 11 is 1.83. The van der Waals surface area contributed by atoms with Gasteiger partial charge in [0.05, 0.1) is 0 Å². The molecule has 2 N–H and O–H groups in total. The molecular formula is C11H20N4S. The molecule has 16 heavy (non-hydrogen) atoms. The van der Waals surface area contributed by atoms with E-state index in [0.29, 0.717) is 5.82 Å². The van der Waals surface area contributed by atoms with Crippen LogP contribution in [0, 0.1) is 6.92 Å². The standard InChI is InChI=1S/C11H20N4S/c1-5-9-13-10(12)8(2)11(14-9)15(3)6-7-16-4/h5-7H2,1-4H3,(H2,12,13,14). The second kappa shape index (κ2) is 5.94. The van der Waals surface area contributed by atoms with Crippen molar-refractivity contribution in [3.05, 3.63) is 11.4 Å². The van der Waals surface area contributed by atoms with Crippen LogP contribution in [0.4, 0.5) is 11.6 Å². The van der Waals surface area contributed by atoms with Gasteiger partial charge in [-0.2, -0.15) is 11.8 Å². The molecule has 0 amide bonds. The summed E-state index contributed by atoms with van der Waals surface area (Å²) in [5, 5.41) is 0. The maximum atomic E-state index is 5.88. The third-order valence-corrected chi connectivity index (χ3v) is 3.10. The van der Waals surface area contributed by atoms with Crippen LogP contribution in [0.3, 0.4) is 0 Å². The minimum Gasteiger partial charge on any atom is -0.383 e. The van der Waals surface area contributed by atoms with E-state index in [4.69, 9.17) is 5.73 Å². The molecule has 0 saturated heterocycles. The molecule has 0 aliphatic rings. The van der Waals surface area contributed by atoms with Crippen molar-refractivity contribution in [2.45, 2.75) is 20.3 Å². The largest absolute Gasteiger partial charge is 0.383 e. The van der Waals surface area contributed by atoms with Gasteiger partial charge in [-0.15, -0.1) is 0 Å². The molecule has 0 aromatic carbocycles. The summed E-state index contributed by atoms with van der Waals surface area (Å²) in [6, 6.07) is 0. The first-order valence-corrected chi connectivity index (χ1v) is 6.82. The van der Waals surface area contributed by atoms with E-state index in [1.807, 2.05) is 32.7 Å². The van der Waals surface area contributed by atoms with Gasteiger partial charge in [0.15, 0.2) is 0 Å². The van der Waals surface area contributed by atoms with E-state index in [2.05, 4.69) is 21.1 Å². The third-order valence-electron chi connectivity index (χ3n) is 2.51. The Bertz CT molecular complexity index is 354. The molecular weight excluding hydrogens is 220 g/mol. The quantitative estimate of drug-likeness (QED) is 0.849. The maximum Gasteiger partial charge on any atom is 0.137 e. The molecule has 0 aliphatic heterocycles. The lowest BCUT2D eigenvalue weighted by molar-refractivity contribution is 0.877. The number of aromatic nitrogens is 2. The van der Waals surface area contributed by atoms with Crippen LogP contribution in [0.15, 0.2) is 0 Å². The Kier molecular flexibility index (Phi) is 4.86. The predicted molar refractivity (Wildman–Crippen MR) is 72.2 cm³/mol. The summed E-state index contributed by atoms with van der Waals surface area (Å²) in [7, 11) is 2.05. The van der Waals surface area contributed by atoms with Crippen LogP contribution in [-0.2, 0) is 6.42 Å². The van der Waals surface area contributed by atoms with Gasteiger partial charge in [-0.05, 0) is 13.2 Å². The van der Waals surface area contributed by atoms with Crippen molar-refractivity contribution in [1.82, 2.24) is 9.97 Å². The van der Waals surface area contributed by atoms with Crippen molar-refractivity contribution in [2.75, 3.05) is 36.2 Å². The summed E-state index contributed by atoms with van der Waals surface area (Å²) in [5.74, 6) is 3.45. The maximum absolute atomic E-state index is 5.88. The SMILES string of the molecule is CCc1nc(N)c(C)c(N(C)CCSC)n1. The molecule has 1 aromatic rings. The smallest absolute Gasteiger partial charge is 0.137 e. The second-order valence-corrected chi connectivity index (χ2v) is 4.73. The minimum absolute atomic E-state index is 0.595. The third kappa shape index (κ3) is 3.01. The molecule has 0 atom stereocenters. The van der Waals surface area contributed by atoms with Gasteiger partial charge in [0.25, 0.3) is 0 Å². The van der Waals surface area contributed by atoms with Gasteiger partial charge in [-0.1, -0.05) is 6.92 Å². The van der Waals surface area contributed by atoms with Crippen LogP contribution in [0.2, 0.25) is 0 Å². The molecule has 0 aliphatic carbocycles. The van der Waals surface area contributed by atoms with Gasteiger partial charge in [0.1, 0.15) is 17.5 Å². The fourth-order valence-electron chi connectivity index (χ4n) is 1.43. The lowest BCUT2D eigenvalue weighted by Gasteiger charge is -2.20. The molecule has 0 saturated carbocycles. The van der Waals surface area contributed by atoms with E-state index in [0.717, 1.165) is 35.9 Å². The predicted octanol–water partition coefficient (Wildman–Crippen LogP) is 1.73. The summed E-state index contributed by atoms with van der Waals surface area (Å²) in [6.07, 6.45) is 2.92. The highest BCUT2D eigenvalue weighted by Gasteiger charge is 2.11. The average Bonchev–Trinajstić information content (AvgIpc) is 2.29. The zero-order valence-corrected chi connectivity index (χ0v) is 11.3. The van der Waals surface area contributed by atoms with Crippen molar-refractivity contribution in [2.24, 2.45) is 0 Å². The minimum atomic E-state index is 0.595. The average molecular weight is 240 g/mol. The van der Waals surface area contributed by atoms with Gasteiger partial charge in [0.2, 0.25) is 0 Å². The molecule has 0 spiro atoms. The van der Waals surface area contributed by atoms with E-state index in [1.54, 1.807) is 0 Å². The number of hydrogen-bond acceptors (Lipinski definition) is 5. The lowest BCUT2D eigenvalue weighted by Crippen LogP contribution is -2.23. The monoisotopic (exact) mass is 240 g/mol. The van der Waals surface area contributed by atoms with E-state index >= 15 is 0 Å². The van der Waals surface area contributed by atoms with E-state index in [-0.39, 0.29) is 0 Å². The highest BCUT2D eigenvalue weighted by Crippen LogP contribution is 2.20. The first-order valence-electron chi connectivity index (χ1n) is 5.43. The summed E-state index contributed by atoms with van der Waals surface area (Å²) in [4.78, 5) is 10.9. The van der Waals surface area contributed by atoms with Gasteiger partial charge < -0.3 is 10.6 Å². The zero-order valence-electron chi connectivity index (χ0n) is 10.4. The number of thioether (sulfide) groups is 1. The van der Waals surface area contributed by atoms with Crippen molar-refractivity contribution in [1.29, 1.82) is 0 Å². The van der Waals surface area contributed by atoms with Crippen molar-refractivity contribution >= 4 is 23.4 Å². The molecule has 5 heteroatoms.